The number of halogens is 3. The van der Waals surface area contributed by atoms with Gasteiger partial charge in [0, 0.05) is 12.6 Å². The highest BCUT2D eigenvalue weighted by Gasteiger charge is 2.33. The summed E-state index contributed by atoms with van der Waals surface area (Å²) >= 11 is 0. The van der Waals surface area contributed by atoms with Crippen molar-refractivity contribution in [1.82, 2.24) is 9.97 Å². The summed E-state index contributed by atoms with van der Waals surface area (Å²) in [7, 11) is 0. The highest BCUT2D eigenvalue weighted by molar-refractivity contribution is 6.03. The highest BCUT2D eigenvalue weighted by Crippen LogP contribution is 2.34. The number of carbonyl (C=O) groups is 1. The number of amides is 1. The van der Waals surface area contributed by atoms with Crippen LogP contribution in [0.5, 0.6) is 0 Å². The van der Waals surface area contributed by atoms with Gasteiger partial charge in [-0.05, 0) is 37.8 Å². The first-order valence-electron chi connectivity index (χ1n) is 8.96. The summed E-state index contributed by atoms with van der Waals surface area (Å²) in [5.41, 5.74) is -1.23. The molecule has 0 saturated carbocycles. The molecule has 1 aromatic carbocycles. The Balaban J connectivity index is 1.75. The van der Waals surface area contributed by atoms with Gasteiger partial charge in [-0.15, -0.1) is 0 Å². The number of hydrogen-bond acceptors (Lipinski definition) is 4. The van der Waals surface area contributed by atoms with Crippen molar-refractivity contribution in [2.24, 2.45) is 0 Å². The Morgan fingerprint density at radius 1 is 1.22 bits per heavy atom. The standard InChI is InChI=1S/C19H21F3N4O/c1-2-13-7-5-6-10-26(13)17-12-23-16(11-24-17)18(27)25-15-9-4-3-8-14(15)19(20,21)22/h3-4,8-9,11-13H,2,5-7,10H2,1H3,(H,25,27). The molecule has 8 heteroatoms. The summed E-state index contributed by atoms with van der Waals surface area (Å²) in [4.78, 5) is 22.9. The minimum Gasteiger partial charge on any atom is -0.352 e. The van der Waals surface area contributed by atoms with Crippen LogP contribution in [0.3, 0.4) is 0 Å². The highest BCUT2D eigenvalue weighted by atomic mass is 19.4. The maximum absolute atomic E-state index is 13.0. The van der Waals surface area contributed by atoms with Gasteiger partial charge in [0.15, 0.2) is 0 Å². The Kier molecular flexibility index (Phi) is 5.62. The van der Waals surface area contributed by atoms with E-state index in [1.165, 1.54) is 37.0 Å². The fourth-order valence-corrected chi connectivity index (χ4v) is 3.34. The third-order valence-corrected chi connectivity index (χ3v) is 4.74. The SMILES string of the molecule is CCC1CCCCN1c1cnc(C(=O)Nc2ccccc2C(F)(F)F)cn1. The van der Waals surface area contributed by atoms with E-state index in [0.717, 1.165) is 31.9 Å². The van der Waals surface area contributed by atoms with E-state index in [-0.39, 0.29) is 11.4 Å². The minimum absolute atomic E-state index is 0.0271. The summed E-state index contributed by atoms with van der Waals surface area (Å²) in [5, 5.41) is 2.28. The average molecular weight is 378 g/mol. The molecule has 5 nitrogen and oxygen atoms in total. The Hall–Kier alpha value is -2.64. The first-order chi connectivity index (χ1) is 12.9. The zero-order valence-electron chi connectivity index (χ0n) is 15.0. The summed E-state index contributed by atoms with van der Waals surface area (Å²) in [5.74, 6) is -0.0368. The molecular weight excluding hydrogens is 357 g/mol. The number of piperidine rings is 1. The Labute approximate surface area is 155 Å². The average Bonchev–Trinajstić information content (AvgIpc) is 2.67. The molecular formula is C19H21F3N4O. The lowest BCUT2D eigenvalue weighted by atomic mass is 10.0. The zero-order chi connectivity index (χ0) is 19.4. The van der Waals surface area contributed by atoms with Crippen molar-refractivity contribution in [1.29, 1.82) is 0 Å². The summed E-state index contributed by atoms with van der Waals surface area (Å²) in [6.07, 6.45) is 2.62. The number of benzene rings is 1. The quantitative estimate of drug-likeness (QED) is 0.850. The maximum atomic E-state index is 13.0. The largest absolute Gasteiger partial charge is 0.418 e. The summed E-state index contributed by atoms with van der Waals surface area (Å²) in [6, 6.07) is 5.23. The number of rotatable bonds is 4. The van der Waals surface area contributed by atoms with Gasteiger partial charge in [0.25, 0.3) is 5.91 Å². The predicted molar refractivity (Wildman–Crippen MR) is 96.7 cm³/mol. The molecule has 1 amide bonds. The van der Waals surface area contributed by atoms with E-state index < -0.39 is 17.6 Å². The first-order valence-corrected chi connectivity index (χ1v) is 8.96. The molecule has 0 radical (unpaired) electrons. The van der Waals surface area contributed by atoms with Gasteiger partial charge in [-0.1, -0.05) is 19.1 Å². The van der Waals surface area contributed by atoms with Crippen molar-refractivity contribution in [3.05, 3.63) is 47.9 Å². The first kappa shape index (κ1) is 19.1. The molecule has 2 heterocycles. The normalized spacial score (nSPS) is 17.6. The van der Waals surface area contributed by atoms with Crippen LogP contribution in [-0.4, -0.2) is 28.5 Å². The number of hydrogen-bond donors (Lipinski definition) is 1. The molecule has 1 aliphatic rings. The maximum Gasteiger partial charge on any atom is 0.418 e. The van der Waals surface area contributed by atoms with Crippen LogP contribution in [0.25, 0.3) is 0 Å². The smallest absolute Gasteiger partial charge is 0.352 e. The van der Waals surface area contributed by atoms with Gasteiger partial charge < -0.3 is 10.2 Å². The van der Waals surface area contributed by atoms with Gasteiger partial charge >= 0.3 is 6.18 Å². The molecule has 1 unspecified atom stereocenters. The van der Waals surface area contributed by atoms with Crippen LogP contribution in [-0.2, 0) is 6.18 Å². The fourth-order valence-electron chi connectivity index (χ4n) is 3.34. The van der Waals surface area contributed by atoms with Crippen LogP contribution in [0.4, 0.5) is 24.7 Å². The molecule has 1 saturated heterocycles. The topological polar surface area (TPSA) is 58.1 Å². The van der Waals surface area contributed by atoms with Gasteiger partial charge in [-0.3, -0.25) is 4.79 Å². The molecule has 0 bridgehead atoms. The lowest BCUT2D eigenvalue weighted by Crippen LogP contribution is -2.39. The van der Waals surface area contributed by atoms with Crippen molar-refractivity contribution < 1.29 is 18.0 Å². The second kappa shape index (κ2) is 7.94. The molecule has 1 aliphatic heterocycles. The molecule has 0 spiro atoms. The number of nitrogens with zero attached hydrogens (tertiary/aromatic N) is 3. The Morgan fingerprint density at radius 2 is 2.00 bits per heavy atom. The second-order valence-electron chi connectivity index (χ2n) is 6.51. The molecule has 144 valence electrons. The van der Waals surface area contributed by atoms with Crippen LogP contribution in [0.15, 0.2) is 36.7 Å². The Bertz CT molecular complexity index is 792. The number of nitrogens with one attached hydrogen (secondary N) is 1. The molecule has 1 aromatic heterocycles. The van der Waals surface area contributed by atoms with Crippen LogP contribution in [0, 0.1) is 0 Å². The van der Waals surface area contributed by atoms with E-state index in [1.54, 1.807) is 0 Å². The van der Waals surface area contributed by atoms with Crippen molar-refractivity contribution in [3.8, 4) is 0 Å². The number of anilines is 2. The van der Waals surface area contributed by atoms with E-state index in [2.05, 4.69) is 27.1 Å². The molecule has 27 heavy (non-hydrogen) atoms. The van der Waals surface area contributed by atoms with Gasteiger partial charge in [0.1, 0.15) is 11.5 Å². The minimum atomic E-state index is -4.55. The number of alkyl halides is 3. The van der Waals surface area contributed by atoms with E-state index >= 15 is 0 Å². The van der Waals surface area contributed by atoms with Gasteiger partial charge in [0.05, 0.1) is 23.6 Å². The number of aromatic nitrogens is 2. The predicted octanol–water partition coefficient (Wildman–Crippen LogP) is 4.52. The van der Waals surface area contributed by atoms with Crippen LogP contribution in [0.2, 0.25) is 0 Å². The molecule has 1 N–H and O–H groups in total. The lowest BCUT2D eigenvalue weighted by Gasteiger charge is -2.35. The number of carbonyl (C=O) groups excluding carboxylic acids is 1. The van der Waals surface area contributed by atoms with E-state index in [4.69, 9.17) is 0 Å². The monoisotopic (exact) mass is 378 g/mol. The van der Waals surface area contributed by atoms with Crippen molar-refractivity contribution in [3.63, 3.8) is 0 Å². The Morgan fingerprint density at radius 3 is 2.67 bits per heavy atom. The number of para-hydroxylation sites is 1. The van der Waals surface area contributed by atoms with E-state index in [1.807, 2.05) is 0 Å². The van der Waals surface area contributed by atoms with E-state index in [0.29, 0.717) is 11.9 Å². The second-order valence-corrected chi connectivity index (χ2v) is 6.51. The van der Waals surface area contributed by atoms with Gasteiger partial charge in [0.2, 0.25) is 0 Å². The lowest BCUT2D eigenvalue weighted by molar-refractivity contribution is -0.136. The van der Waals surface area contributed by atoms with Crippen molar-refractivity contribution in [2.75, 3.05) is 16.8 Å². The summed E-state index contributed by atoms with van der Waals surface area (Å²) in [6.45, 7) is 3.01. The summed E-state index contributed by atoms with van der Waals surface area (Å²) < 4.78 is 39.1. The van der Waals surface area contributed by atoms with Crippen molar-refractivity contribution in [2.45, 2.75) is 44.8 Å². The molecule has 1 atom stereocenters. The molecule has 2 aromatic rings. The zero-order valence-corrected chi connectivity index (χ0v) is 15.0. The van der Waals surface area contributed by atoms with Gasteiger partial charge in [-0.2, -0.15) is 13.2 Å². The molecule has 0 aliphatic carbocycles. The van der Waals surface area contributed by atoms with Crippen LogP contribution < -0.4 is 10.2 Å². The van der Waals surface area contributed by atoms with E-state index in [9.17, 15) is 18.0 Å². The molecule has 3 rings (SSSR count). The molecule has 1 fully saturated rings. The van der Waals surface area contributed by atoms with Crippen LogP contribution in [0.1, 0.15) is 48.7 Å². The van der Waals surface area contributed by atoms with Crippen LogP contribution >= 0.6 is 0 Å². The van der Waals surface area contributed by atoms with Crippen molar-refractivity contribution >= 4 is 17.4 Å². The fraction of sp³-hybridized carbons (Fsp3) is 0.421. The van der Waals surface area contributed by atoms with Gasteiger partial charge in [-0.25, -0.2) is 9.97 Å². The third kappa shape index (κ3) is 4.37. The third-order valence-electron chi connectivity index (χ3n) is 4.74.